The second-order valence-electron chi connectivity index (χ2n) is 5.61. The fourth-order valence-electron chi connectivity index (χ4n) is 3.14. The molecule has 0 bridgehead atoms. The highest BCUT2D eigenvalue weighted by Crippen LogP contribution is 2.40. The summed E-state index contributed by atoms with van der Waals surface area (Å²) in [6, 6.07) is 4.61. The molecule has 0 amide bonds. The van der Waals surface area contributed by atoms with Crippen LogP contribution in [0.25, 0.3) is 0 Å². The summed E-state index contributed by atoms with van der Waals surface area (Å²) in [4.78, 5) is 2.53. The van der Waals surface area contributed by atoms with Gasteiger partial charge in [-0.2, -0.15) is 0 Å². The molecule has 1 aromatic rings. The van der Waals surface area contributed by atoms with Gasteiger partial charge in [0.1, 0.15) is 0 Å². The Morgan fingerprint density at radius 3 is 2.55 bits per heavy atom. The molecule has 0 saturated carbocycles. The molecular formula is C17H28N2O3. The maximum Gasteiger partial charge on any atom is 0.203 e. The van der Waals surface area contributed by atoms with Gasteiger partial charge in [0, 0.05) is 37.8 Å². The predicted octanol–water partition coefficient (Wildman–Crippen LogP) is 2.29. The SMILES string of the molecule is CCCC1CNCCN1Cc1ccc(OC)c(OC)c1OC. The van der Waals surface area contributed by atoms with Crippen molar-refractivity contribution in [2.75, 3.05) is 41.0 Å². The first-order valence-corrected chi connectivity index (χ1v) is 7.97. The standard InChI is InChI=1S/C17H28N2O3/c1-5-6-14-11-18-9-10-19(14)12-13-7-8-15(20-2)17(22-4)16(13)21-3/h7-8,14,18H,5-6,9-12H2,1-4H3. The predicted molar refractivity (Wildman–Crippen MR) is 88.1 cm³/mol. The van der Waals surface area contributed by atoms with Crippen LogP contribution < -0.4 is 19.5 Å². The average Bonchev–Trinajstić information content (AvgIpc) is 2.56. The van der Waals surface area contributed by atoms with Gasteiger partial charge >= 0.3 is 0 Å². The van der Waals surface area contributed by atoms with E-state index in [2.05, 4.69) is 23.2 Å². The third-order valence-corrected chi connectivity index (χ3v) is 4.25. The third kappa shape index (κ3) is 3.65. The topological polar surface area (TPSA) is 43.0 Å². The van der Waals surface area contributed by atoms with Gasteiger partial charge in [-0.05, 0) is 12.5 Å². The summed E-state index contributed by atoms with van der Waals surface area (Å²) in [7, 11) is 4.97. The summed E-state index contributed by atoms with van der Waals surface area (Å²) in [5.41, 5.74) is 1.14. The molecule has 0 spiro atoms. The molecule has 1 N–H and O–H groups in total. The Kier molecular flexibility index (Phi) is 6.34. The number of benzene rings is 1. The van der Waals surface area contributed by atoms with Crippen LogP contribution in [-0.4, -0.2) is 51.9 Å². The Bertz CT molecular complexity index is 477. The van der Waals surface area contributed by atoms with Crippen LogP contribution in [0.3, 0.4) is 0 Å². The summed E-state index contributed by atoms with van der Waals surface area (Å²) < 4.78 is 16.4. The average molecular weight is 308 g/mol. The van der Waals surface area contributed by atoms with Gasteiger partial charge in [0.15, 0.2) is 11.5 Å². The Morgan fingerprint density at radius 2 is 1.91 bits per heavy atom. The lowest BCUT2D eigenvalue weighted by Crippen LogP contribution is -2.50. The number of nitrogens with zero attached hydrogens (tertiary/aromatic N) is 1. The Hall–Kier alpha value is -1.46. The lowest BCUT2D eigenvalue weighted by molar-refractivity contribution is 0.142. The molecule has 1 atom stereocenters. The number of hydrogen-bond acceptors (Lipinski definition) is 5. The zero-order valence-electron chi connectivity index (χ0n) is 14.1. The van der Waals surface area contributed by atoms with Gasteiger partial charge in [-0.25, -0.2) is 0 Å². The van der Waals surface area contributed by atoms with Crippen LogP contribution in [-0.2, 0) is 6.54 Å². The summed E-state index contributed by atoms with van der Waals surface area (Å²) >= 11 is 0. The summed E-state index contributed by atoms with van der Waals surface area (Å²) in [6.45, 7) is 6.26. The van der Waals surface area contributed by atoms with Crippen LogP contribution in [0.5, 0.6) is 17.2 Å². The van der Waals surface area contributed by atoms with Crippen LogP contribution in [0, 0.1) is 0 Å². The van der Waals surface area contributed by atoms with Crippen molar-refractivity contribution in [2.24, 2.45) is 0 Å². The van der Waals surface area contributed by atoms with E-state index in [0.717, 1.165) is 37.5 Å². The number of rotatable bonds is 7. The first-order valence-electron chi connectivity index (χ1n) is 7.97. The molecule has 2 rings (SSSR count). The maximum absolute atomic E-state index is 5.60. The largest absolute Gasteiger partial charge is 0.493 e. The molecule has 5 nitrogen and oxygen atoms in total. The highest BCUT2D eigenvalue weighted by atomic mass is 16.5. The van der Waals surface area contributed by atoms with Crippen LogP contribution >= 0.6 is 0 Å². The molecule has 0 aromatic heterocycles. The lowest BCUT2D eigenvalue weighted by Gasteiger charge is -2.36. The van der Waals surface area contributed by atoms with Crippen molar-refractivity contribution >= 4 is 0 Å². The summed E-state index contributed by atoms with van der Waals surface area (Å²) in [6.07, 6.45) is 2.41. The number of methoxy groups -OCH3 is 3. The van der Waals surface area contributed by atoms with Crippen molar-refractivity contribution < 1.29 is 14.2 Å². The molecule has 1 aliphatic rings. The van der Waals surface area contributed by atoms with Gasteiger partial charge in [0.05, 0.1) is 21.3 Å². The van der Waals surface area contributed by atoms with E-state index in [0.29, 0.717) is 17.5 Å². The van der Waals surface area contributed by atoms with Crippen LogP contribution in [0.2, 0.25) is 0 Å². The molecule has 22 heavy (non-hydrogen) atoms. The van der Waals surface area contributed by atoms with Crippen molar-refractivity contribution in [2.45, 2.75) is 32.4 Å². The van der Waals surface area contributed by atoms with Gasteiger partial charge < -0.3 is 19.5 Å². The van der Waals surface area contributed by atoms with Gasteiger partial charge in [-0.1, -0.05) is 19.4 Å². The second-order valence-corrected chi connectivity index (χ2v) is 5.61. The number of nitrogens with one attached hydrogen (secondary N) is 1. The molecule has 1 fully saturated rings. The molecule has 1 aliphatic heterocycles. The van der Waals surface area contributed by atoms with Crippen molar-refractivity contribution in [3.8, 4) is 17.2 Å². The van der Waals surface area contributed by atoms with Crippen molar-refractivity contribution in [3.63, 3.8) is 0 Å². The summed E-state index contributed by atoms with van der Waals surface area (Å²) in [5, 5.41) is 3.49. The van der Waals surface area contributed by atoms with E-state index in [9.17, 15) is 0 Å². The molecule has 0 aliphatic carbocycles. The highest BCUT2D eigenvalue weighted by Gasteiger charge is 2.24. The lowest BCUT2D eigenvalue weighted by atomic mass is 10.1. The van der Waals surface area contributed by atoms with E-state index in [4.69, 9.17) is 14.2 Å². The number of piperazine rings is 1. The van der Waals surface area contributed by atoms with E-state index in [-0.39, 0.29) is 0 Å². The maximum atomic E-state index is 5.60. The minimum Gasteiger partial charge on any atom is -0.493 e. The molecule has 1 aromatic carbocycles. The zero-order valence-corrected chi connectivity index (χ0v) is 14.1. The van der Waals surface area contributed by atoms with Gasteiger partial charge in [0.25, 0.3) is 0 Å². The van der Waals surface area contributed by atoms with Crippen LogP contribution in [0.1, 0.15) is 25.3 Å². The minimum atomic E-state index is 0.580. The van der Waals surface area contributed by atoms with E-state index in [1.54, 1.807) is 21.3 Å². The molecule has 0 radical (unpaired) electrons. The second kappa shape index (κ2) is 8.25. The van der Waals surface area contributed by atoms with Crippen LogP contribution in [0.4, 0.5) is 0 Å². The quantitative estimate of drug-likeness (QED) is 0.837. The van der Waals surface area contributed by atoms with E-state index in [1.807, 2.05) is 6.07 Å². The van der Waals surface area contributed by atoms with Gasteiger partial charge in [-0.3, -0.25) is 4.90 Å². The Balaban J connectivity index is 2.24. The number of ether oxygens (including phenoxy) is 3. The van der Waals surface area contributed by atoms with Gasteiger partial charge in [0.2, 0.25) is 5.75 Å². The molecule has 1 heterocycles. The third-order valence-electron chi connectivity index (χ3n) is 4.25. The highest BCUT2D eigenvalue weighted by molar-refractivity contribution is 5.55. The van der Waals surface area contributed by atoms with E-state index >= 15 is 0 Å². The molecule has 124 valence electrons. The smallest absolute Gasteiger partial charge is 0.203 e. The van der Waals surface area contributed by atoms with E-state index < -0.39 is 0 Å². The van der Waals surface area contributed by atoms with Gasteiger partial charge in [-0.15, -0.1) is 0 Å². The van der Waals surface area contributed by atoms with Crippen molar-refractivity contribution in [1.82, 2.24) is 10.2 Å². The first kappa shape index (κ1) is 16.9. The Labute approximate surface area is 133 Å². The number of hydrogen-bond donors (Lipinski definition) is 1. The Morgan fingerprint density at radius 1 is 1.14 bits per heavy atom. The minimum absolute atomic E-state index is 0.580. The monoisotopic (exact) mass is 308 g/mol. The molecule has 1 saturated heterocycles. The fraction of sp³-hybridized carbons (Fsp3) is 0.647. The molecule has 5 heteroatoms. The van der Waals surface area contributed by atoms with Crippen LogP contribution in [0.15, 0.2) is 12.1 Å². The van der Waals surface area contributed by atoms with Crippen molar-refractivity contribution in [1.29, 1.82) is 0 Å². The normalized spacial score (nSPS) is 19.0. The van der Waals surface area contributed by atoms with Crippen molar-refractivity contribution in [3.05, 3.63) is 17.7 Å². The fourth-order valence-corrected chi connectivity index (χ4v) is 3.14. The van der Waals surface area contributed by atoms with E-state index in [1.165, 1.54) is 12.8 Å². The zero-order chi connectivity index (χ0) is 15.9. The first-order chi connectivity index (χ1) is 10.7. The molecule has 1 unspecified atom stereocenters. The molecular weight excluding hydrogens is 280 g/mol. The summed E-state index contributed by atoms with van der Waals surface area (Å²) in [5.74, 6) is 2.15.